The number of rotatable bonds is 3. The van der Waals surface area contributed by atoms with Crippen LogP contribution >= 0.6 is 34.4 Å². The quantitative estimate of drug-likeness (QED) is 0.523. The molecule has 1 unspecified atom stereocenters. The minimum atomic E-state index is 0.641. The lowest BCUT2D eigenvalue weighted by molar-refractivity contribution is 0.906. The highest BCUT2D eigenvalue weighted by molar-refractivity contribution is 14.1. The van der Waals surface area contributed by atoms with E-state index in [-0.39, 0.29) is 0 Å². The van der Waals surface area contributed by atoms with Crippen molar-refractivity contribution < 1.29 is 0 Å². The number of hydrogen-bond acceptors (Lipinski definition) is 2. The Hall–Kier alpha value is 0.1000. The second kappa shape index (κ2) is 5.10. The first-order valence-electron chi connectivity index (χ1n) is 4.35. The fourth-order valence-corrected chi connectivity index (χ4v) is 2.38. The van der Waals surface area contributed by atoms with Crippen LogP contribution in [0.3, 0.4) is 0 Å². The molecule has 13 heavy (non-hydrogen) atoms. The Morgan fingerprint density at radius 1 is 1.54 bits per heavy atom. The van der Waals surface area contributed by atoms with E-state index in [1.807, 2.05) is 17.8 Å². The number of nitrogens with two attached hydrogens (primary N) is 1. The highest BCUT2D eigenvalue weighted by Crippen LogP contribution is 2.30. The Morgan fingerprint density at radius 2 is 2.23 bits per heavy atom. The van der Waals surface area contributed by atoms with Gasteiger partial charge in [0.1, 0.15) is 0 Å². The average Bonchev–Trinajstić information content (AvgIpc) is 2.09. The smallest absolute Gasteiger partial charge is 0.0462 e. The van der Waals surface area contributed by atoms with Crippen molar-refractivity contribution in [2.24, 2.45) is 0 Å². The summed E-state index contributed by atoms with van der Waals surface area (Å²) in [4.78, 5) is 1.20. The maximum atomic E-state index is 5.90. The van der Waals surface area contributed by atoms with Gasteiger partial charge in [0, 0.05) is 19.4 Å². The molecule has 0 heterocycles. The third kappa shape index (κ3) is 3.38. The van der Waals surface area contributed by atoms with Crippen molar-refractivity contribution in [2.45, 2.75) is 30.4 Å². The van der Waals surface area contributed by atoms with E-state index in [1.165, 1.54) is 14.9 Å². The van der Waals surface area contributed by atoms with Crippen LogP contribution in [-0.4, -0.2) is 5.25 Å². The monoisotopic (exact) mass is 307 g/mol. The summed E-state index contributed by atoms with van der Waals surface area (Å²) in [6.45, 7) is 4.42. The number of nitrogen functional groups attached to an aromatic ring is 1. The van der Waals surface area contributed by atoms with Crippen molar-refractivity contribution in [3.05, 3.63) is 21.8 Å². The zero-order valence-electron chi connectivity index (χ0n) is 7.88. The minimum Gasteiger partial charge on any atom is -0.398 e. The second-order valence-electron chi connectivity index (χ2n) is 3.02. The predicted molar refractivity (Wildman–Crippen MR) is 69.2 cm³/mol. The zero-order chi connectivity index (χ0) is 9.84. The SMILES string of the molecule is CCC(C)Sc1ccc(I)cc1N. The summed E-state index contributed by atoms with van der Waals surface area (Å²) in [7, 11) is 0. The Balaban J connectivity index is 2.77. The second-order valence-corrected chi connectivity index (χ2v) is 5.74. The third-order valence-electron chi connectivity index (χ3n) is 1.87. The number of anilines is 1. The molecule has 0 aliphatic heterocycles. The van der Waals surface area contributed by atoms with Crippen LogP contribution in [0.5, 0.6) is 0 Å². The maximum Gasteiger partial charge on any atom is 0.0462 e. The van der Waals surface area contributed by atoms with Gasteiger partial charge in [-0.3, -0.25) is 0 Å². The average molecular weight is 307 g/mol. The van der Waals surface area contributed by atoms with Gasteiger partial charge in [0.15, 0.2) is 0 Å². The van der Waals surface area contributed by atoms with Crippen LogP contribution in [0.4, 0.5) is 5.69 Å². The van der Waals surface area contributed by atoms with E-state index in [1.54, 1.807) is 0 Å². The first-order valence-corrected chi connectivity index (χ1v) is 6.31. The Kier molecular flexibility index (Phi) is 4.38. The molecule has 0 saturated carbocycles. The van der Waals surface area contributed by atoms with Crippen LogP contribution < -0.4 is 5.73 Å². The van der Waals surface area contributed by atoms with E-state index in [2.05, 4.69) is 48.6 Å². The normalized spacial score (nSPS) is 12.8. The van der Waals surface area contributed by atoms with E-state index in [9.17, 15) is 0 Å². The topological polar surface area (TPSA) is 26.0 Å². The molecule has 1 atom stereocenters. The van der Waals surface area contributed by atoms with E-state index in [0.29, 0.717) is 5.25 Å². The summed E-state index contributed by atoms with van der Waals surface area (Å²) in [6.07, 6.45) is 1.18. The summed E-state index contributed by atoms with van der Waals surface area (Å²) in [5.41, 5.74) is 6.80. The third-order valence-corrected chi connectivity index (χ3v) is 3.91. The molecule has 72 valence electrons. The Bertz CT molecular complexity index is 288. The van der Waals surface area contributed by atoms with E-state index < -0.39 is 0 Å². The highest BCUT2D eigenvalue weighted by Gasteiger charge is 2.04. The van der Waals surface area contributed by atoms with Gasteiger partial charge in [-0.05, 0) is 47.2 Å². The highest BCUT2D eigenvalue weighted by atomic mass is 127. The van der Waals surface area contributed by atoms with Crippen molar-refractivity contribution in [3.8, 4) is 0 Å². The summed E-state index contributed by atoms with van der Waals surface area (Å²) in [5.74, 6) is 0. The van der Waals surface area contributed by atoms with Gasteiger partial charge in [0.05, 0.1) is 0 Å². The van der Waals surface area contributed by atoms with Gasteiger partial charge < -0.3 is 5.73 Å². The molecule has 2 N–H and O–H groups in total. The first-order chi connectivity index (χ1) is 6.13. The van der Waals surface area contributed by atoms with Crippen LogP contribution in [-0.2, 0) is 0 Å². The molecule has 0 aromatic heterocycles. The fourth-order valence-electron chi connectivity index (χ4n) is 0.927. The van der Waals surface area contributed by atoms with E-state index in [4.69, 9.17) is 5.73 Å². The molecular weight excluding hydrogens is 293 g/mol. The largest absolute Gasteiger partial charge is 0.398 e. The molecule has 1 aromatic carbocycles. The molecule has 1 aromatic rings. The number of halogens is 1. The number of thioether (sulfide) groups is 1. The predicted octanol–water partition coefficient (Wildman–Crippen LogP) is 3.76. The van der Waals surface area contributed by atoms with Crippen molar-refractivity contribution in [3.63, 3.8) is 0 Å². The van der Waals surface area contributed by atoms with Gasteiger partial charge in [0.25, 0.3) is 0 Å². The van der Waals surface area contributed by atoms with Crippen molar-refractivity contribution in [1.29, 1.82) is 0 Å². The van der Waals surface area contributed by atoms with Crippen LogP contribution in [0, 0.1) is 3.57 Å². The summed E-state index contributed by atoms with van der Waals surface area (Å²) in [6, 6.07) is 6.22. The standard InChI is InChI=1S/C10H14INS/c1-3-7(2)13-10-5-4-8(11)6-9(10)12/h4-7H,3,12H2,1-2H3. The zero-order valence-corrected chi connectivity index (χ0v) is 10.9. The van der Waals surface area contributed by atoms with Crippen LogP contribution in [0.2, 0.25) is 0 Å². The number of hydrogen-bond donors (Lipinski definition) is 1. The van der Waals surface area contributed by atoms with Gasteiger partial charge in [-0.15, -0.1) is 11.8 Å². The molecule has 0 aliphatic carbocycles. The molecule has 0 spiro atoms. The van der Waals surface area contributed by atoms with Gasteiger partial charge in [-0.2, -0.15) is 0 Å². The molecule has 1 rings (SSSR count). The molecule has 0 fully saturated rings. The molecule has 3 heteroatoms. The fraction of sp³-hybridized carbons (Fsp3) is 0.400. The molecular formula is C10H14INS. The van der Waals surface area contributed by atoms with Crippen LogP contribution in [0.15, 0.2) is 23.1 Å². The van der Waals surface area contributed by atoms with Crippen LogP contribution in [0.1, 0.15) is 20.3 Å². The lowest BCUT2D eigenvalue weighted by Crippen LogP contribution is -1.95. The minimum absolute atomic E-state index is 0.641. The maximum absolute atomic E-state index is 5.90. The van der Waals surface area contributed by atoms with E-state index >= 15 is 0 Å². The molecule has 0 amide bonds. The lowest BCUT2D eigenvalue weighted by Gasteiger charge is -2.10. The number of benzene rings is 1. The van der Waals surface area contributed by atoms with Gasteiger partial charge in [-0.1, -0.05) is 13.8 Å². The first kappa shape index (κ1) is 11.2. The Morgan fingerprint density at radius 3 is 2.77 bits per heavy atom. The summed E-state index contributed by atoms with van der Waals surface area (Å²) < 4.78 is 1.20. The molecule has 0 saturated heterocycles. The van der Waals surface area contributed by atoms with Gasteiger partial charge in [-0.25, -0.2) is 0 Å². The molecule has 0 aliphatic rings. The summed E-state index contributed by atoms with van der Waals surface area (Å²) in [5, 5.41) is 0.641. The van der Waals surface area contributed by atoms with E-state index in [0.717, 1.165) is 5.69 Å². The van der Waals surface area contributed by atoms with Crippen molar-refractivity contribution in [2.75, 3.05) is 5.73 Å². The van der Waals surface area contributed by atoms with Gasteiger partial charge in [0.2, 0.25) is 0 Å². The lowest BCUT2D eigenvalue weighted by atomic mass is 10.3. The molecule has 1 nitrogen and oxygen atoms in total. The van der Waals surface area contributed by atoms with Crippen molar-refractivity contribution in [1.82, 2.24) is 0 Å². The molecule has 0 bridgehead atoms. The molecule has 0 radical (unpaired) electrons. The summed E-state index contributed by atoms with van der Waals surface area (Å²) >= 11 is 4.13. The van der Waals surface area contributed by atoms with Gasteiger partial charge >= 0.3 is 0 Å². The van der Waals surface area contributed by atoms with Crippen LogP contribution in [0.25, 0.3) is 0 Å². The van der Waals surface area contributed by atoms with Crippen molar-refractivity contribution >= 4 is 40.0 Å². The Labute approximate surface area is 97.6 Å².